The molecule has 0 unspecified atom stereocenters. The molecule has 0 saturated carbocycles. The second-order valence-electron chi connectivity index (χ2n) is 5.87. The molecule has 0 radical (unpaired) electrons. The predicted molar refractivity (Wildman–Crippen MR) is 89.3 cm³/mol. The second-order valence-corrected chi connectivity index (χ2v) is 5.87. The van der Waals surface area contributed by atoms with Crippen LogP contribution in [0.15, 0.2) is 30.0 Å². The summed E-state index contributed by atoms with van der Waals surface area (Å²) in [7, 11) is 3.12. The lowest BCUT2D eigenvalue weighted by atomic mass is 10.0. The van der Waals surface area contributed by atoms with Crippen molar-refractivity contribution >= 4 is 17.4 Å². The summed E-state index contributed by atoms with van der Waals surface area (Å²) in [5.74, 6) is 0.0854. The highest BCUT2D eigenvalue weighted by Gasteiger charge is 2.42. The Kier molecular flexibility index (Phi) is 4.85. The molecule has 1 fully saturated rings. The summed E-state index contributed by atoms with van der Waals surface area (Å²) in [6.07, 6.45) is 2.06. The van der Waals surface area contributed by atoms with Gasteiger partial charge in [-0.1, -0.05) is 18.2 Å². The number of carbonyl (C=O) groups excluding carboxylic acids is 2. The number of carbonyl (C=O) groups is 2. The zero-order chi connectivity index (χ0) is 17.1. The first-order valence-electron chi connectivity index (χ1n) is 8.16. The first kappa shape index (κ1) is 16.5. The van der Waals surface area contributed by atoms with E-state index in [0.717, 1.165) is 25.9 Å². The summed E-state index contributed by atoms with van der Waals surface area (Å²) in [5.41, 5.74) is 1.61. The minimum absolute atomic E-state index is 0.236. The molecule has 0 aliphatic carbocycles. The van der Waals surface area contributed by atoms with Crippen LogP contribution in [-0.4, -0.2) is 62.1 Å². The topological polar surface area (TPSA) is 59.1 Å². The number of hydrogen-bond acceptors (Lipinski definition) is 5. The molecule has 1 aromatic rings. The van der Waals surface area contributed by atoms with E-state index in [-0.39, 0.29) is 18.4 Å². The summed E-state index contributed by atoms with van der Waals surface area (Å²) in [5, 5.41) is 0. The van der Waals surface area contributed by atoms with Crippen molar-refractivity contribution in [3.8, 4) is 5.75 Å². The molecule has 0 N–H and O–H groups in total. The standard InChI is InChI=1S/C18H22N2O4/c1-23-12-11-20-17(21)15(13-7-3-4-8-14(13)24-2)16(18(20)22)19-9-5-6-10-19/h3-4,7-8H,5-6,9-12H2,1-2H3. The highest BCUT2D eigenvalue weighted by atomic mass is 16.5. The Balaban J connectivity index is 2.08. The minimum Gasteiger partial charge on any atom is -0.496 e. The fraction of sp³-hybridized carbons (Fsp3) is 0.444. The van der Waals surface area contributed by atoms with Gasteiger partial charge in [0, 0.05) is 25.8 Å². The fourth-order valence-corrected chi connectivity index (χ4v) is 3.28. The van der Waals surface area contributed by atoms with Gasteiger partial charge < -0.3 is 14.4 Å². The number of nitrogens with zero attached hydrogens (tertiary/aromatic N) is 2. The van der Waals surface area contributed by atoms with E-state index in [1.807, 2.05) is 23.1 Å². The first-order chi connectivity index (χ1) is 11.7. The first-order valence-corrected chi connectivity index (χ1v) is 8.16. The number of amides is 2. The Hall–Kier alpha value is -2.34. The number of rotatable bonds is 6. The van der Waals surface area contributed by atoms with Gasteiger partial charge in [-0.2, -0.15) is 0 Å². The van der Waals surface area contributed by atoms with Gasteiger partial charge in [-0.15, -0.1) is 0 Å². The Morgan fingerprint density at radius 2 is 1.75 bits per heavy atom. The molecule has 24 heavy (non-hydrogen) atoms. The predicted octanol–water partition coefficient (Wildman–Crippen LogP) is 1.52. The van der Waals surface area contributed by atoms with Crippen molar-refractivity contribution in [1.82, 2.24) is 9.80 Å². The molecule has 3 rings (SSSR count). The number of imide groups is 1. The van der Waals surface area contributed by atoms with Gasteiger partial charge in [0.05, 0.1) is 25.8 Å². The van der Waals surface area contributed by atoms with Crippen LogP contribution in [0.4, 0.5) is 0 Å². The van der Waals surface area contributed by atoms with Crippen molar-refractivity contribution in [1.29, 1.82) is 0 Å². The van der Waals surface area contributed by atoms with Crippen molar-refractivity contribution in [2.75, 3.05) is 40.5 Å². The molecule has 2 aliphatic heterocycles. The summed E-state index contributed by atoms with van der Waals surface area (Å²) >= 11 is 0. The Labute approximate surface area is 141 Å². The number of benzene rings is 1. The molecule has 1 saturated heterocycles. The largest absolute Gasteiger partial charge is 0.496 e. The third kappa shape index (κ3) is 2.78. The number of hydrogen-bond donors (Lipinski definition) is 0. The van der Waals surface area contributed by atoms with Crippen molar-refractivity contribution in [2.45, 2.75) is 12.8 Å². The van der Waals surface area contributed by atoms with Crippen molar-refractivity contribution < 1.29 is 19.1 Å². The van der Waals surface area contributed by atoms with Gasteiger partial charge >= 0.3 is 0 Å². The molecule has 6 nitrogen and oxygen atoms in total. The van der Waals surface area contributed by atoms with Crippen LogP contribution in [0.3, 0.4) is 0 Å². The van der Waals surface area contributed by atoms with Crippen LogP contribution in [0.25, 0.3) is 5.57 Å². The van der Waals surface area contributed by atoms with E-state index in [9.17, 15) is 9.59 Å². The third-order valence-electron chi connectivity index (χ3n) is 4.46. The summed E-state index contributed by atoms with van der Waals surface area (Å²) in [6, 6.07) is 7.33. The maximum absolute atomic E-state index is 13.0. The molecule has 1 aromatic carbocycles. The molecular formula is C18H22N2O4. The zero-order valence-corrected chi connectivity index (χ0v) is 14.1. The fourth-order valence-electron chi connectivity index (χ4n) is 3.28. The van der Waals surface area contributed by atoms with Gasteiger partial charge in [0.2, 0.25) is 0 Å². The van der Waals surface area contributed by atoms with Crippen LogP contribution in [0.2, 0.25) is 0 Å². The summed E-state index contributed by atoms with van der Waals surface area (Å²) in [4.78, 5) is 29.2. The van der Waals surface area contributed by atoms with Gasteiger partial charge in [0.1, 0.15) is 11.4 Å². The Morgan fingerprint density at radius 3 is 2.42 bits per heavy atom. The minimum atomic E-state index is -0.275. The smallest absolute Gasteiger partial charge is 0.277 e. The molecule has 0 bridgehead atoms. The van der Waals surface area contributed by atoms with Gasteiger partial charge in [-0.05, 0) is 18.9 Å². The highest BCUT2D eigenvalue weighted by molar-refractivity contribution is 6.36. The highest BCUT2D eigenvalue weighted by Crippen LogP contribution is 2.37. The van der Waals surface area contributed by atoms with Crippen LogP contribution in [0.1, 0.15) is 18.4 Å². The Morgan fingerprint density at radius 1 is 1.04 bits per heavy atom. The zero-order valence-electron chi connectivity index (χ0n) is 14.1. The number of likely N-dealkylation sites (tertiary alicyclic amines) is 1. The quantitative estimate of drug-likeness (QED) is 0.740. The van der Waals surface area contributed by atoms with Crippen LogP contribution in [-0.2, 0) is 14.3 Å². The molecule has 6 heteroatoms. The monoisotopic (exact) mass is 330 g/mol. The number of para-hydroxylation sites is 1. The van der Waals surface area contributed by atoms with Gasteiger partial charge in [0.25, 0.3) is 11.8 Å². The second kappa shape index (κ2) is 7.05. The molecule has 2 aliphatic rings. The van der Waals surface area contributed by atoms with Crippen LogP contribution < -0.4 is 4.74 Å². The average molecular weight is 330 g/mol. The van der Waals surface area contributed by atoms with E-state index in [0.29, 0.717) is 29.2 Å². The lowest BCUT2D eigenvalue weighted by Gasteiger charge is -2.20. The summed E-state index contributed by atoms with van der Waals surface area (Å²) < 4.78 is 10.5. The molecule has 128 valence electrons. The van der Waals surface area contributed by atoms with E-state index in [4.69, 9.17) is 9.47 Å². The van der Waals surface area contributed by atoms with Gasteiger partial charge in [-0.25, -0.2) is 0 Å². The van der Waals surface area contributed by atoms with Crippen molar-refractivity contribution in [3.63, 3.8) is 0 Å². The third-order valence-corrected chi connectivity index (χ3v) is 4.46. The van der Waals surface area contributed by atoms with E-state index in [1.165, 1.54) is 4.90 Å². The van der Waals surface area contributed by atoms with E-state index in [1.54, 1.807) is 20.3 Å². The van der Waals surface area contributed by atoms with Gasteiger partial charge in [-0.3, -0.25) is 14.5 Å². The molecule has 2 heterocycles. The van der Waals surface area contributed by atoms with Crippen molar-refractivity contribution in [2.24, 2.45) is 0 Å². The normalized spacial score (nSPS) is 18.1. The Bertz CT molecular complexity index is 677. The van der Waals surface area contributed by atoms with E-state index < -0.39 is 0 Å². The lowest BCUT2D eigenvalue weighted by molar-refractivity contribution is -0.138. The van der Waals surface area contributed by atoms with Crippen LogP contribution >= 0.6 is 0 Å². The molecule has 0 atom stereocenters. The van der Waals surface area contributed by atoms with E-state index in [2.05, 4.69) is 0 Å². The van der Waals surface area contributed by atoms with Crippen LogP contribution in [0, 0.1) is 0 Å². The average Bonchev–Trinajstić information content (AvgIpc) is 3.20. The van der Waals surface area contributed by atoms with E-state index >= 15 is 0 Å². The lowest BCUT2D eigenvalue weighted by Crippen LogP contribution is -2.36. The molecule has 0 spiro atoms. The number of methoxy groups -OCH3 is 2. The maximum atomic E-state index is 13.0. The SMILES string of the molecule is COCCN1C(=O)C(c2ccccc2OC)=C(N2CCCC2)C1=O. The molecular weight excluding hydrogens is 308 g/mol. The summed E-state index contributed by atoms with van der Waals surface area (Å²) in [6.45, 7) is 2.17. The van der Waals surface area contributed by atoms with Crippen molar-refractivity contribution in [3.05, 3.63) is 35.5 Å². The van der Waals surface area contributed by atoms with Crippen LogP contribution in [0.5, 0.6) is 5.75 Å². The number of ether oxygens (including phenoxy) is 2. The molecule has 2 amide bonds. The molecule has 0 aromatic heterocycles. The van der Waals surface area contributed by atoms with Gasteiger partial charge in [0.15, 0.2) is 0 Å². The maximum Gasteiger partial charge on any atom is 0.277 e.